The van der Waals surface area contributed by atoms with Crippen molar-refractivity contribution < 1.29 is 14.7 Å². The molecule has 0 aliphatic heterocycles. The van der Waals surface area contributed by atoms with Crippen LogP contribution in [0.15, 0.2) is 12.4 Å². The molecule has 2 N–H and O–H groups in total. The number of hydrogen-bond acceptors (Lipinski definition) is 4. The Balaban J connectivity index is 1.83. The Morgan fingerprint density at radius 1 is 1.50 bits per heavy atom. The van der Waals surface area contributed by atoms with Crippen LogP contribution in [-0.2, 0) is 16.1 Å². The minimum absolute atomic E-state index is 0.0966. The molecule has 0 aromatic carbocycles. The molecule has 1 heterocycles. The molecule has 2 amide bonds. The Hall–Kier alpha value is -1.89. The number of nitrogens with one attached hydrogen (secondary N) is 1. The number of nitrogens with zero attached hydrogens (tertiary/aromatic N) is 3. The van der Waals surface area contributed by atoms with Gasteiger partial charge < -0.3 is 19.9 Å². The number of aromatic nitrogens is 2. The van der Waals surface area contributed by atoms with Crippen LogP contribution in [0.3, 0.4) is 0 Å². The maximum atomic E-state index is 12.2. The summed E-state index contributed by atoms with van der Waals surface area (Å²) >= 11 is 0. The van der Waals surface area contributed by atoms with Crippen LogP contribution in [0.2, 0.25) is 0 Å². The molecule has 0 bridgehead atoms. The van der Waals surface area contributed by atoms with Crippen molar-refractivity contribution in [2.24, 2.45) is 5.92 Å². The second-order valence-corrected chi connectivity index (χ2v) is 5.83. The molecule has 0 spiro atoms. The maximum Gasteiger partial charge on any atom is 0.225 e. The van der Waals surface area contributed by atoms with E-state index in [1.165, 1.54) is 11.8 Å². The number of carbonyl (C=O) groups is 2. The van der Waals surface area contributed by atoms with Gasteiger partial charge in [0.15, 0.2) is 0 Å². The van der Waals surface area contributed by atoms with Crippen LogP contribution >= 0.6 is 0 Å². The number of amides is 2. The van der Waals surface area contributed by atoms with E-state index >= 15 is 0 Å². The van der Waals surface area contributed by atoms with Gasteiger partial charge in [-0.05, 0) is 19.8 Å². The summed E-state index contributed by atoms with van der Waals surface area (Å²) in [6, 6.07) is -0.274. The van der Waals surface area contributed by atoms with E-state index in [-0.39, 0.29) is 17.9 Å². The van der Waals surface area contributed by atoms with Gasteiger partial charge >= 0.3 is 0 Å². The van der Waals surface area contributed by atoms with Gasteiger partial charge in [-0.25, -0.2) is 4.98 Å². The minimum Gasteiger partial charge on any atom is -0.390 e. The Bertz CT molecular complexity index is 543. The Kier molecular flexibility index (Phi) is 5.18. The summed E-state index contributed by atoms with van der Waals surface area (Å²) < 4.78 is 1.96. The monoisotopic (exact) mass is 308 g/mol. The molecule has 1 aromatic rings. The summed E-state index contributed by atoms with van der Waals surface area (Å²) in [5, 5.41) is 13.2. The van der Waals surface area contributed by atoms with Crippen molar-refractivity contribution in [3.05, 3.63) is 18.2 Å². The number of aryl methyl sites for hydroxylation is 1. The summed E-state index contributed by atoms with van der Waals surface area (Å²) in [5.74, 6) is 0.208. The first-order valence-electron chi connectivity index (χ1n) is 7.58. The fourth-order valence-electron chi connectivity index (χ4n) is 2.97. The molecule has 7 heteroatoms. The average molecular weight is 308 g/mol. The summed E-state index contributed by atoms with van der Waals surface area (Å²) in [6.07, 6.45) is 4.03. The van der Waals surface area contributed by atoms with Gasteiger partial charge in [0, 0.05) is 39.5 Å². The second-order valence-electron chi connectivity index (χ2n) is 5.83. The number of aliphatic hydroxyl groups excluding tert-OH is 1. The third kappa shape index (κ3) is 3.47. The van der Waals surface area contributed by atoms with Gasteiger partial charge in [0.1, 0.15) is 5.82 Å². The van der Waals surface area contributed by atoms with Crippen molar-refractivity contribution in [1.82, 2.24) is 19.8 Å². The van der Waals surface area contributed by atoms with Gasteiger partial charge in [-0.3, -0.25) is 9.59 Å². The Morgan fingerprint density at radius 2 is 2.23 bits per heavy atom. The van der Waals surface area contributed by atoms with E-state index in [1.807, 2.05) is 17.7 Å². The molecule has 2 rings (SSSR count). The van der Waals surface area contributed by atoms with Crippen molar-refractivity contribution in [2.75, 3.05) is 13.6 Å². The zero-order chi connectivity index (χ0) is 16.3. The number of rotatable bonds is 5. The molecule has 3 atom stereocenters. The lowest BCUT2D eigenvalue weighted by atomic mass is 10.0. The lowest BCUT2D eigenvalue weighted by molar-refractivity contribution is -0.134. The molecule has 122 valence electrons. The molecule has 22 heavy (non-hydrogen) atoms. The highest BCUT2D eigenvalue weighted by atomic mass is 16.3. The summed E-state index contributed by atoms with van der Waals surface area (Å²) in [7, 11) is 1.67. The molecule has 1 aliphatic rings. The van der Waals surface area contributed by atoms with E-state index in [0.29, 0.717) is 25.9 Å². The zero-order valence-corrected chi connectivity index (χ0v) is 13.3. The van der Waals surface area contributed by atoms with Crippen LogP contribution in [0, 0.1) is 12.8 Å². The van der Waals surface area contributed by atoms with E-state index in [1.54, 1.807) is 13.2 Å². The van der Waals surface area contributed by atoms with Crippen molar-refractivity contribution in [3.8, 4) is 0 Å². The highest BCUT2D eigenvalue weighted by Crippen LogP contribution is 2.29. The molecule has 0 unspecified atom stereocenters. The van der Waals surface area contributed by atoms with Gasteiger partial charge in [-0.2, -0.15) is 0 Å². The normalized spacial score (nSPS) is 24.3. The third-order valence-electron chi connectivity index (χ3n) is 4.49. The predicted octanol–water partition coefficient (Wildman–Crippen LogP) is -0.0745. The van der Waals surface area contributed by atoms with Gasteiger partial charge in [-0.1, -0.05) is 0 Å². The molecule has 1 fully saturated rings. The van der Waals surface area contributed by atoms with Crippen LogP contribution in [0.1, 0.15) is 25.6 Å². The van der Waals surface area contributed by atoms with Gasteiger partial charge in [0.05, 0.1) is 18.1 Å². The Morgan fingerprint density at radius 3 is 2.82 bits per heavy atom. The summed E-state index contributed by atoms with van der Waals surface area (Å²) in [6.45, 7) is 4.52. The van der Waals surface area contributed by atoms with Crippen LogP contribution in [0.25, 0.3) is 0 Å². The highest BCUT2D eigenvalue weighted by molar-refractivity contribution is 5.80. The van der Waals surface area contributed by atoms with Crippen LogP contribution in [0.5, 0.6) is 0 Å². The van der Waals surface area contributed by atoms with Crippen molar-refractivity contribution >= 4 is 11.8 Å². The van der Waals surface area contributed by atoms with Crippen LogP contribution in [0.4, 0.5) is 0 Å². The van der Waals surface area contributed by atoms with Gasteiger partial charge in [0.2, 0.25) is 11.8 Å². The Labute approximate surface area is 130 Å². The molecular formula is C15H24N4O3. The molecule has 0 saturated heterocycles. The van der Waals surface area contributed by atoms with E-state index in [4.69, 9.17) is 0 Å². The van der Waals surface area contributed by atoms with Gasteiger partial charge in [0.25, 0.3) is 0 Å². The van der Waals surface area contributed by atoms with Crippen LogP contribution in [-0.4, -0.2) is 57.1 Å². The van der Waals surface area contributed by atoms with Crippen LogP contribution < -0.4 is 5.32 Å². The molecule has 0 radical (unpaired) electrons. The molecular weight excluding hydrogens is 284 g/mol. The van der Waals surface area contributed by atoms with E-state index in [9.17, 15) is 14.7 Å². The molecule has 1 aliphatic carbocycles. The number of imidazole rings is 1. The standard InChI is InChI=1S/C15H24N4O3/c1-10-16-6-8-19(10)9-7-17-15(22)12-4-5-13(14(12)21)18(3)11(2)20/h6,8,12-14,21H,4-5,7,9H2,1-3H3,(H,17,22)/t12-,13-,14+/m1/s1. The number of hydrogen-bond donors (Lipinski definition) is 2. The fourth-order valence-corrected chi connectivity index (χ4v) is 2.97. The SMILES string of the molecule is CC(=O)N(C)[C@@H]1CC[C@@H](C(=O)NCCn2ccnc2C)[C@@H]1O. The number of aliphatic hydroxyl groups is 1. The van der Waals surface area contributed by atoms with E-state index in [0.717, 1.165) is 5.82 Å². The third-order valence-corrected chi connectivity index (χ3v) is 4.49. The highest BCUT2D eigenvalue weighted by Gasteiger charge is 2.41. The minimum atomic E-state index is -0.802. The van der Waals surface area contributed by atoms with E-state index < -0.39 is 12.0 Å². The van der Waals surface area contributed by atoms with Crippen molar-refractivity contribution in [2.45, 2.75) is 45.4 Å². The van der Waals surface area contributed by atoms with E-state index in [2.05, 4.69) is 10.3 Å². The molecule has 7 nitrogen and oxygen atoms in total. The number of likely N-dealkylation sites (N-methyl/N-ethyl adjacent to an activating group) is 1. The summed E-state index contributed by atoms with van der Waals surface area (Å²) in [4.78, 5) is 29.2. The van der Waals surface area contributed by atoms with Crippen molar-refractivity contribution in [3.63, 3.8) is 0 Å². The smallest absolute Gasteiger partial charge is 0.225 e. The largest absolute Gasteiger partial charge is 0.390 e. The quantitative estimate of drug-likeness (QED) is 0.797. The summed E-state index contributed by atoms with van der Waals surface area (Å²) in [5.41, 5.74) is 0. The lowest BCUT2D eigenvalue weighted by Crippen LogP contribution is -2.45. The topological polar surface area (TPSA) is 87.5 Å². The zero-order valence-electron chi connectivity index (χ0n) is 13.3. The first kappa shape index (κ1) is 16.5. The maximum absolute atomic E-state index is 12.2. The average Bonchev–Trinajstić information content (AvgIpc) is 3.04. The molecule has 1 saturated carbocycles. The number of carbonyl (C=O) groups excluding carboxylic acids is 2. The second kappa shape index (κ2) is 6.91. The predicted molar refractivity (Wildman–Crippen MR) is 80.9 cm³/mol. The lowest BCUT2D eigenvalue weighted by Gasteiger charge is -2.27. The first-order valence-corrected chi connectivity index (χ1v) is 7.58. The van der Waals surface area contributed by atoms with Gasteiger partial charge in [-0.15, -0.1) is 0 Å². The fraction of sp³-hybridized carbons (Fsp3) is 0.667. The molecule has 1 aromatic heterocycles. The van der Waals surface area contributed by atoms with Crippen molar-refractivity contribution in [1.29, 1.82) is 0 Å². The first-order chi connectivity index (χ1) is 10.4.